The molecular formula is C28H33N5O. The van der Waals surface area contributed by atoms with Gasteiger partial charge in [-0.25, -0.2) is 9.97 Å². The topological polar surface area (TPSA) is 80.7 Å². The molecule has 2 aromatic heterocycles. The lowest BCUT2D eigenvalue weighted by atomic mass is 9.47. The number of amides is 1. The van der Waals surface area contributed by atoms with Crippen molar-refractivity contribution in [3.63, 3.8) is 0 Å². The number of hydrogen-bond donors (Lipinski definition) is 1. The second-order valence-corrected chi connectivity index (χ2v) is 11.2. The maximum atomic E-state index is 12.7. The Hall–Kier alpha value is -2.89. The van der Waals surface area contributed by atoms with E-state index in [4.69, 9.17) is 0 Å². The zero-order chi connectivity index (χ0) is 23.3. The van der Waals surface area contributed by atoms with E-state index in [1.165, 1.54) is 36.6 Å². The van der Waals surface area contributed by atoms with Crippen LogP contribution in [-0.2, 0) is 0 Å². The van der Waals surface area contributed by atoms with Gasteiger partial charge < -0.3 is 5.32 Å². The van der Waals surface area contributed by atoms with E-state index < -0.39 is 0 Å². The van der Waals surface area contributed by atoms with Gasteiger partial charge in [-0.1, -0.05) is 31.6 Å². The first kappa shape index (κ1) is 21.6. The predicted octanol–water partition coefficient (Wildman–Crippen LogP) is 5.02. The number of hydrogen-bond acceptors (Lipinski definition) is 5. The maximum absolute atomic E-state index is 12.7. The Kier molecular flexibility index (Phi) is 5.16. The van der Waals surface area contributed by atoms with Crippen LogP contribution in [0.25, 0.3) is 5.57 Å². The molecule has 4 aliphatic carbocycles. The average Bonchev–Trinajstić information content (AvgIpc) is 3.22. The van der Waals surface area contributed by atoms with E-state index in [9.17, 15) is 4.79 Å². The minimum Gasteiger partial charge on any atom is -0.349 e. The third-order valence-corrected chi connectivity index (χ3v) is 9.74. The van der Waals surface area contributed by atoms with E-state index in [2.05, 4.69) is 51.5 Å². The summed E-state index contributed by atoms with van der Waals surface area (Å²) in [5, 5.41) is 10.9. The van der Waals surface area contributed by atoms with E-state index in [-0.39, 0.29) is 22.8 Å². The fraction of sp³-hybridized carbons (Fsp3) is 0.536. The molecule has 2 aromatic rings. The summed E-state index contributed by atoms with van der Waals surface area (Å²) in [7, 11) is 0. The standard InChI is InChI=1S/C28H33N5O/c1-27-10-7-21(33-26(34)18-9-12-31-32-16-18)13-20(27)3-4-22-24-6-5-23(19-14-29-17-30-15-19)28(24,2)11-8-25(22)27/h3,5,9,12,14-17,21-22,24-25H,4,6-8,10-11,13H2,1-2H3,(H,33,34). The minimum absolute atomic E-state index is 0.0410. The normalized spacial score (nSPS) is 36.4. The highest BCUT2D eigenvalue weighted by Gasteiger charge is 2.56. The zero-order valence-electron chi connectivity index (χ0n) is 20.1. The first-order chi connectivity index (χ1) is 16.5. The molecule has 2 fully saturated rings. The summed E-state index contributed by atoms with van der Waals surface area (Å²) in [6.07, 6.45) is 21.7. The first-order valence-corrected chi connectivity index (χ1v) is 12.7. The molecule has 2 heterocycles. The van der Waals surface area contributed by atoms with Crippen molar-refractivity contribution >= 4 is 11.5 Å². The third-order valence-electron chi connectivity index (χ3n) is 9.74. The molecule has 4 aliphatic rings. The Balaban J connectivity index is 1.20. The minimum atomic E-state index is -0.0410. The molecule has 176 valence electrons. The molecule has 6 unspecified atom stereocenters. The molecule has 1 N–H and O–H groups in total. The van der Waals surface area contributed by atoms with Crippen LogP contribution in [0.5, 0.6) is 0 Å². The van der Waals surface area contributed by atoms with Gasteiger partial charge in [0.2, 0.25) is 0 Å². The van der Waals surface area contributed by atoms with Gasteiger partial charge >= 0.3 is 0 Å². The SMILES string of the molecule is CC12CCC(NC(=O)c3ccnnc3)CC1=CCC1C2CCC2(C)C(c3cncnc3)=CCC12. The molecule has 0 radical (unpaired) electrons. The number of rotatable bonds is 3. The van der Waals surface area contributed by atoms with E-state index in [1.54, 1.807) is 24.2 Å². The second kappa shape index (κ2) is 8.10. The van der Waals surface area contributed by atoms with Crippen molar-refractivity contribution in [3.8, 4) is 0 Å². The largest absolute Gasteiger partial charge is 0.349 e. The zero-order valence-corrected chi connectivity index (χ0v) is 20.1. The summed E-state index contributed by atoms with van der Waals surface area (Å²) >= 11 is 0. The molecule has 6 rings (SSSR count). The Morgan fingerprint density at radius 2 is 1.79 bits per heavy atom. The third kappa shape index (κ3) is 3.33. The number of carbonyl (C=O) groups is 1. The highest BCUT2D eigenvalue weighted by molar-refractivity contribution is 5.93. The van der Waals surface area contributed by atoms with Gasteiger partial charge in [0.1, 0.15) is 6.33 Å². The number of aromatic nitrogens is 4. The Bertz CT molecular complexity index is 1150. The molecule has 0 aliphatic heterocycles. The molecule has 6 heteroatoms. The van der Waals surface area contributed by atoms with Gasteiger partial charge in [0, 0.05) is 24.0 Å². The molecule has 34 heavy (non-hydrogen) atoms. The quantitative estimate of drug-likeness (QED) is 0.657. The summed E-state index contributed by atoms with van der Waals surface area (Å²) in [5.41, 5.74) is 5.29. The molecule has 6 atom stereocenters. The molecule has 0 bridgehead atoms. The number of nitrogens with zero attached hydrogens (tertiary/aromatic N) is 4. The lowest BCUT2D eigenvalue weighted by Crippen LogP contribution is -2.51. The van der Waals surface area contributed by atoms with Crippen LogP contribution in [-0.4, -0.2) is 32.1 Å². The van der Waals surface area contributed by atoms with Gasteiger partial charge in [-0.3, -0.25) is 4.79 Å². The van der Waals surface area contributed by atoms with Gasteiger partial charge in [-0.2, -0.15) is 10.2 Å². The lowest BCUT2D eigenvalue weighted by molar-refractivity contribution is -0.0123. The number of nitrogens with one attached hydrogen (secondary N) is 1. The summed E-state index contributed by atoms with van der Waals surface area (Å²) < 4.78 is 0. The predicted molar refractivity (Wildman–Crippen MR) is 130 cm³/mol. The van der Waals surface area contributed by atoms with Gasteiger partial charge in [-0.15, -0.1) is 0 Å². The Morgan fingerprint density at radius 1 is 0.971 bits per heavy atom. The summed E-state index contributed by atoms with van der Waals surface area (Å²) in [6.45, 7) is 5.00. The summed E-state index contributed by atoms with van der Waals surface area (Å²) in [4.78, 5) is 21.3. The Labute approximate surface area is 201 Å². The van der Waals surface area contributed by atoms with E-state index >= 15 is 0 Å². The van der Waals surface area contributed by atoms with E-state index in [0.29, 0.717) is 11.5 Å². The van der Waals surface area contributed by atoms with Crippen LogP contribution in [0.4, 0.5) is 0 Å². The van der Waals surface area contributed by atoms with Crippen LogP contribution in [0.1, 0.15) is 74.7 Å². The van der Waals surface area contributed by atoms with Crippen LogP contribution in [0.2, 0.25) is 0 Å². The van der Waals surface area contributed by atoms with Gasteiger partial charge in [-0.05, 0) is 85.2 Å². The smallest absolute Gasteiger partial charge is 0.253 e. The lowest BCUT2D eigenvalue weighted by Gasteiger charge is -2.58. The van der Waals surface area contributed by atoms with Gasteiger partial charge in [0.15, 0.2) is 0 Å². The van der Waals surface area contributed by atoms with Crippen LogP contribution < -0.4 is 5.32 Å². The fourth-order valence-corrected chi connectivity index (χ4v) is 7.93. The molecule has 6 nitrogen and oxygen atoms in total. The van der Waals surface area contributed by atoms with Crippen LogP contribution in [0.3, 0.4) is 0 Å². The van der Waals surface area contributed by atoms with Gasteiger partial charge in [0.25, 0.3) is 5.91 Å². The molecule has 1 amide bonds. The van der Waals surface area contributed by atoms with Crippen LogP contribution in [0, 0.1) is 28.6 Å². The highest BCUT2D eigenvalue weighted by atomic mass is 16.1. The molecule has 0 spiro atoms. The van der Waals surface area contributed by atoms with Gasteiger partial charge in [0.05, 0.1) is 18.0 Å². The van der Waals surface area contributed by atoms with Crippen LogP contribution in [0.15, 0.2) is 54.9 Å². The first-order valence-electron chi connectivity index (χ1n) is 12.7. The fourth-order valence-electron chi connectivity index (χ4n) is 7.93. The number of fused-ring (bicyclic) bond motifs is 5. The molecule has 2 saturated carbocycles. The van der Waals surface area contributed by atoms with E-state index in [1.807, 2.05) is 12.4 Å². The average molecular weight is 456 g/mol. The highest BCUT2D eigenvalue weighted by Crippen LogP contribution is 2.66. The number of carbonyl (C=O) groups excluding carboxylic acids is 1. The molecule has 0 aromatic carbocycles. The van der Waals surface area contributed by atoms with E-state index in [0.717, 1.165) is 37.5 Å². The van der Waals surface area contributed by atoms with Crippen molar-refractivity contribution in [1.29, 1.82) is 0 Å². The maximum Gasteiger partial charge on any atom is 0.253 e. The number of allylic oxidation sites excluding steroid dienone is 3. The van der Waals surface area contributed by atoms with Crippen molar-refractivity contribution < 1.29 is 4.79 Å². The van der Waals surface area contributed by atoms with Crippen molar-refractivity contribution in [2.45, 2.75) is 64.8 Å². The summed E-state index contributed by atoms with van der Waals surface area (Å²) in [5.74, 6) is 2.10. The summed E-state index contributed by atoms with van der Waals surface area (Å²) in [6, 6.07) is 1.92. The van der Waals surface area contributed by atoms with Crippen molar-refractivity contribution in [1.82, 2.24) is 25.5 Å². The second-order valence-electron chi connectivity index (χ2n) is 11.2. The molecular weight excluding hydrogens is 422 g/mol. The Morgan fingerprint density at radius 3 is 2.59 bits per heavy atom. The van der Waals surface area contributed by atoms with Crippen molar-refractivity contribution in [2.75, 3.05) is 0 Å². The van der Waals surface area contributed by atoms with Crippen molar-refractivity contribution in [2.24, 2.45) is 28.6 Å². The van der Waals surface area contributed by atoms with Crippen molar-refractivity contribution in [3.05, 3.63) is 66.0 Å². The van der Waals surface area contributed by atoms with Crippen LogP contribution >= 0.6 is 0 Å². The molecule has 0 saturated heterocycles. The monoisotopic (exact) mass is 455 g/mol.